The maximum atomic E-state index is 11.5. The molecule has 0 saturated heterocycles. The van der Waals surface area contributed by atoms with Crippen LogP contribution < -0.4 is 11.1 Å². The van der Waals surface area contributed by atoms with Crippen molar-refractivity contribution >= 4 is 18.3 Å². The highest BCUT2D eigenvalue weighted by Crippen LogP contribution is 2.26. The third-order valence-electron chi connectivity index (χ3n) is 3.25. The van der Waals surface area contributed by atoms with E-state index in [1.165, 1.54) is 32.1 Å². The van der Waals surface area contributed by atoms with E-state index < -0.39 is 0 Å². The average Bonchev–Trinajstić information content (AvgIpc) is 2.17. The smallest absolute Gasteiger partial charge is 0.221 e. The van der Waals surface area contributed by atoms with Crippen LogP contribution in [-0.4, -0.2) is 18.0 Å². The van der Waals surface area contributed by atoms with Crippen LogP contribution >= 0.6 is 12.4 Å². The van der Waals surface area contributed by atoms with E-state index in [1.807, 2.05) is 6.92 Å². The van der Waals surface area contributed by atoms with E-state index >= 15 is 0 Å². The molecule has 2 atom stereocenters. The lowest BCUT2D eigenvalue weighted by Crippen LogP contribution is -2.40. The molecule has 1 rings (SSSR count). The molecule has 96 valence electrons. The Morgan fingerprint density at radius 1 is 1.31 bits per heavy atom. The Kier molecular flexibility index (Phi) is 7.77. The predicted octanol–water partition coefficient (Wildman–Crippen LogP) is 2.23. The van der Waals surface area contributed by atoms with Crippen molar-refractivity contribution in [3.05, 3.63) is 0 Å². The number of nitrogens with two attached hydrogens (primary N) is 1. The van der Waals surface area contributed by atoms with E-state index in [-0.39, 0.29) is 24.4 Å². The van der Waals surface area contributed by atoms with Crippen LogP contribution in [0.1, 0.15) is 52.4 Å². The molecule has 0 bridgehead atoms. The minimum absolute atomic E-state index is 0. The zero-order chi connectivity index (χ0) is 11.3. The molecule has 0 spiro atoms. The van der Waals surface area contributed by atoms with Crippen molar-refractivity contribution in [2.75, 3.05) is 0 Å². The van der Waals surface area contributed by atoms with E-state index in [0.29, 0.717) is 18.4 Å². The van der Waals surface area contributed by atoms with Crippen molar-refractivity contribution in [1.82, 2.24) is 5.32 Å². The molecule has 0 aromatic rings. The summed E-state index contributed by atoms with van der Waals surface area (Å²) in [6.45, 7) is 3.99. The van der Waals surface area contributed by atoms with Gasteiger partial charge in [-0.15, -0.1) is 12.4 Å². The summed E-state index contributed by atoms with van der Waals surface area (Å²) >= 11 is 0. The van der Waals surface area contributed by atoms with Gasteiger partial charge in [-0.25, -0.2) is 0 Å². The molecule has 2 unspecified atom stereocenters. The standard InChI is InChI=1S/C12H24N2O.ClH/c1-9(13)8-12(15)14-10(2)11-6-4-3-5-7-11;/h9-11H,3-8,13H2,1-2H3,(H,14,15);1H. The van der Waals surface area contributed by atoms with Crippen LogP contribution in [0.4, 0.5) is 0 Å². The number of carbonyl (C=O) groups excluding carboxylic acids is 1. The van der Waals surface area contributed by atoms with E-state index in [2.05, 4.69) is 12.2 Å². The first kappa shape index (κ1) is 15.7. The molecule has 0 aliphatic heterocycles. The third-order valence-corrected chi connectivity index (χ3v) is 3.25. The number of nitrogens with one attached hydrogen (secondary N) is 1. The van der Waals surface area contributed by atoms with Crippen molar-refractivity contribution in [3.63, 3.8) is 0 Å². The maximum Gasteiger partial charge on any atom is 0.221 e. The topological polar surface area (TPSA) is 55.1 Å². The first-order chi connectivity index (χ1) is 7.09. The Bertz CT molecular complexity index is 203. The Morgan fingerprint density at radius 3 is 2.38 bits per heavy atom. The van der Waals surface area contributed by atoms with Gasteiger partial charge in [-0.2, -0.15) is 0 Å². The summed E-state index contributed by atoms with van der Waals surface area (Å²) in [5.74, 6) is 0.777. The van der Waals surface area contributed by atoms with Gasteiger partial charge in [0, 0.05) is 18.5 Å². The molecule has 0 radical (unpaired) electrons. The molecule has 1 fully saturated rings. The minimum Gasteiger partial charge on any atom is -0.353 e. The average molecular weight is 249 g/mol. The molecule has 3 N–H and O–H groups in total. The van der Waals surface area contributed by atoms with Gasteiger partial charge >= 0.3 is 0 Å². The van der Waals surface area contributed by atoms with Gasteiger partial charge in [0.25, 0.3) is 0 Å². The number of halogens is 1. The van der Waals surface area contributed by atoms with Gasteiger partial charge in [0.1, 0.15) is 0 Å². The van der Waals surface area contributed by atoms with E-state index in [4.69, 9.17) is 5.73 Å². The summed E-state index contributed by atoms with van der Waals surface area (Å²) in [5, 5.41) is 3.06. The fraction of sp³-hybridized carbons (Fsp3) is 0.917. The first-order valence-electron chi connectivity index (χ1n) is 6.14. The molecule has 0 aromatic carbocycles. The number of amides is 1. The molecule has 0 heterocycles. The Morgan fingerprint density at radius 2 is 1.88 bits per heavy atom. The summed E-state index contributed by atoms with van der Waals surface area (Å²) in [4.78, 5) is 11.5. The van der Waals surface area contributed by atoms with Gasteiger partial charge in [-0.05, 0) is 32.6 Å². The highest BCUT2D eigenvalue weighted by atomic mass is 35.5. The monoisotopic (exact) mass is 248 g/mol. The van der Waals surface area contributed by atoms with Crippen molar-refractivity contribution in [2.24, 2.45) is 11.7 Å². The van der Waals surface area contributed by atoms with Crippen molar-refractivity contribution < 1.29 is 4.79 Å². The van der Waals surface area contributed by atoms with E-state index in [1.54, 1.807) is 0 Å². The molecular weight excluding hydrogens is 224 g/mol. The number of hydrogen-bond donors (Lipinski definition) is 2. The molecule has 1 saturated carbocycles. The summed E-state index contributed by atoms with van der Waals surface area (Å²) in [6, 6.07) is 0.278. The van der Waals surface area contributed by atoms with Crippen LogP contribution in [0.3, 0.4) is 0 Å². The van der Waals surface area contributed by atoms with Gasteiger partial charge < -0.3 is 11.1 Å². The Hall–Kier alpha value is -0.280. The van der Waals surface area contributed by atoms with Gasteiger partial charge in [0.15, 0.2) is 0 Å². The quantitative estimate of drug-likeness (QED) is 0.802. The van der Waals surface area contributed by atoms with Gasteiger partial charge in [0.2, 0.25) is 5.91 Å². The molecular formula is C12H25ClN2O. The summed E-state index contributed by atoms with van der Waals surface area (Å²) in [5.41, 5.74) is 5.59. The van der Waals surface area contributed by atoms with Crippen LogP contribution in [0.5, 0.6) is 0 Å². The van der Waals surface area contributed by atoms with Gasteiger partial charge in [-0.3, -0.25) is 4.79 Å². The second-order valence-corrected chi connectivity index (χ2v) is 4.94. The summed E-state index contributed by atoms with van der Waals surface area (Å²) < 4.78 is 0. The number of hydrogen-bond acceptors (Lipinski definition) is 2. The van der Waals surface area contributed by atoms with Crippen LogP contribution in [0, 0.1) is 5.92 Å². The third kappa shape index (κ3) is 5.71. The Labute approximate surface area is 105 Å². The lowest BCUT2D eigenvalue weighted by molar-refractivity contribution is -0.122. The highest BCUT2D eigenvalue weighted by Gasteiger charge is 2.21. The molecule has 1 aliphatic carbocycles. The zero-order valence-electron chi connectivity index (χ0n) is 10.4. The van der Waals surface area contributed by atoms with Crippen molar-refractivity contribution in [1.29, 1.82) is 0 Å². The summed E-state index contributed by atoms with van der Waals surface area (Å²) in [7, 11) is 0. The van der Waals surface area contributed by atoms with Crippen molar-refractivity contribution in [3.8, 4) is 0 Å². The molecule has 0 aromatic heterocycles. The van der Waals surface area contributed by atoms with Crippen LogP contribution in [0.15, 0.2) is 0 Å². The number of carbonyl (C=O) groups is 1. The maximum absolute atomic E-state index is 11.5. The van der Waals surface area contributed by atoms with Crippen LogP contribution in [0.2, 0.25) is 0 Å². The molecule has 4 heteroatoms. The Balaban J connectivity index is 0.00000225. The normalized spacial score (nSPS) is 20.7. The molecule has 1 amide bonds. The van der Waals surface area contributed by atoms with Crippen LogP contribution in [-0.2, 0) is 4.79 Å². The second-order valence-electron chi connectivity index (χ2n) is 4.94. The zero-order valence-corrected chi connectivity index (χ0v) is 11.2. The van der Waals surface area contributed by atoms with Gasteiger partial charge in [-0.1, -0.05) is 19.3 Å². The molecule has 3 nitrogen and oxygen atoms in total. The SMILES string of the molecule is CC(N)CC(=O)NC(C)C1CCCCC1.Cl. The predicted molar refractivity (Wildman–Crippen MR) is 69.7 cm³/mol. The summed E-state index contributed by atoms with van der Waals surface area (Å²) in [6.07, 6.45) is 6.96. The minimum atomic E-state index is -0.0384. The largest absolute Gasteiger partial charge is 0.353 e. The highest BCUT2D eigenvalue weighted by molar-refractivity contribution is 5.85. The molecule has 1 aliphatic rings. The lowest BCUT2D eigenvalue weighted by atomic mass is 9.84. The first-order valence-corrected chi connectivity index (χ1v) is 6.14. The lowest BCUT2D eigenvalue weighted by Gasteiger charge is -2.28. The number of rotatable bonds is 4. The van der Waals surface area contributed by atoms with E-state index in [0.717, 1.165) is 0 Å². The van der Waals surface area contributed by atoms with E-state index in [9.17, 15) is 4.79 Å². The second kappa shape index (κ2) is 7.91. The fourth-order valence-electron chi connectivity index (χ4n) is 2.36. The van der Waals surface area contributed by atoms with Gasteiger partial charge in [0.05, 0.1) is 0 Å². The fourth-order valence-corrected chi connectivity index (χ4v) is 2.36. The van der Waals surface area contributed by atoms with Crippen LogP contribution in [0.25, 0.3) is 0 Å². The molecule has 16 heavy (non-hydrogen) atoms. The van der Waals surface area contributed by atoms with Crippen molar-refractivity contribution in [2.45, 2.75) is 64.5 Å².